The summed E-state index contributed by atoms with van der Waals surface area (Å²) in [6.07, 6.45) is 3.47. The van der Waals surface area contributed by atoms with E-state index in [4.69, 9.17) is 19.6 Å². The number of nitrogens with zero attached hydrogens (tertiary/aromatic N) is 3. The van der Waals surface area contributed by atoms with E-state index in [1.54, 1.807) is 19.5 Å². The number of fused-ring (bicyclic) bond motifs is 1. The van der Waals surface area contributed by atoms with E-state index in [-0.39, 0.29) is 0 Å². The van der Waals surface area contributed by atoms with Crippen LogP contribution in [-0.2, 0) is 0 Å². The molecule has 0 spiro atoms. The molecule has 3 aromatic rings. The molecule has 0 unspecified atom stereocenters. The zero-order chi connectivity index (χ0) is 20.9. The van der Waals surface area contributed by atoms with Crippen molar-refractivity contribution < 1.29 is 9.47 Å². The van der Waals surface area contributed by atoms with Gasteiger partial charge in [-0.3, -0.25) is 10.4 Å². The standard InChI is InChI=1S/C24H24N4O2/c1-16(2)15-30-19-6-4-17(5-7-19)23-21-14-20(29-3)8-9-22(21)26-24(28-27-23)18-10-12-25-13-11-18/h4-14,16H,15H2,1-3H3,(H,26,28). The molecule has 0 saturated carbocycles. The summed E-state index contributed by atoms with van der Waals surface area (Å²) in [7, 11) is 1.65. The van der Waals surface area contributed by atoms with E-state index >= 15 is 0 Å². The summed E-state index contributed by atoms with van der Waals surface area (Å²) < 4.78 is 11.2. The second kappa shape index (κ2) is 8.78. The fraction of sp³-hybridized carbons (Fsp3) is 0.208. The highest BCUT2D eigenvalue weighted by molar-refractivity contribution is 6.18. The highest BCUT2D eigenvalue weighted by Gasteiger charge is 2.18. The summed E-state index contributed by atoms with van der Waals surface area (Å²) >= 11 is 0. The van der Waals surface area contributed by atoms with Gasteiger partial charge in [-0.25, -0.2) is 4.99 Å². The van der Waals surface area contributed by atoms with Gasteiger partial charge < -0.3 is 9.47 Å². The molecule has 0 fully saturated rings. The minimum Gasteiger partial charge on any atom is -0.497 e. The monoisotopic (exact) mass is 400 g/mol. The molecule has 0 amide bonds. The molecule has 4 rings (SSSR count). The maximum Gasteiger partial charge on any atom is 0.154 e. The van der Waals surface area contributed by atoms with E-state index in [1.807, 2.05) is 54.6 Å². The van der Waals surface area contributed by atoms with E-state index in [9.17, 15) is 0 Å². The molecule has 1 aromatic heterocycles. The largest absolute Gasteiger partial charge is 0.497 e. The van der Waals surface area contributed by atoms with Crippen molar-refractivity contribution in [3.05, 3.63) is 83.7 Å². The molecule has 0 bridgehead atoms. The van der Waals surface area contributed by atoms with Crippen LogP contribution in [0.4, 0.5) is 5.69 Å². The number of aliphatic imine (C=N–C) groups is 1. The molecule has 1 aliphatic heterocycles. The average Bonchev–Trinajstić information content (AvgIpc) is 2.98. The summed E-state index contributed by atoms with van der Waals surface area (Å²) in [6.45, 7) is 4.95. The molecule has 0 atom stereocenters. The summed E-state index contributed by atoms with van der Waals surface area (Å²) in [5.74, 6) is 2.73. The van der Waals surface area contributed by atoms with E-state index in [0.717, 1.165) is 39.6 Å². The molecule has 1 aliphatic rings. The van der Waals surface area contributed by atoms with Gasteiger partial charge in [0.1, 0.15) is 17.2 Å². The summed E-state index contributed by atoms with van der Waals surface area (Å²) in [6, 6.07) is 17.6. The van der Waals surface area contributed by atoms with Crippen molar-refractivity contribution in [1.82, 2.24) is 10.4 Å². The molecule has 2 aromatic carbocycles. The Morgan fingerprint density at radius 1 is 0.900 bits per heavy atom. The first-order chi connectivity index (χ1) is 14.6. The van der Waals surface area contributed by atoms with Crippen molar-refractivity contribution in [2.45, 2.75) is 13.8 Å². The number of hydrazone groups is 1. The van der Waals surface area contributed by atoms with Gasteiger partial charge in [0.2, 0.25) is 0 Å². The Balaban J connectivity index is 1.73. The molecule has 0 saturated heterocycles. The highest BCUT2D eigenvalue weighted by Crippen LogP contribution is 2.30. The number of methoxy groups -OCH3 is 1. The van der Waals surface area contributed by atoms with Gasteiger partial charge in [-0.2, -0.15) is 5.10 Å². The molecule has 2 heterocycles. The van der Waals surface area contributed by atoms with Gasteiger partial charge in [0.15, 0.2) is 5.84 Å². The van der Waals surface area contributed by atoms with Crippen LogP contribution >= 0.6 is 0 Å². The van der Waals surface area contributed by atoms with Crippen molar-refractivity contribution >= 4 is 17.2 Å². The van der Waals surface area contributed by atoms with Crippen molar-refractivity contribution in [3.63, 3.8) is 0 Å². The zero-order valence-corrected chi connectivity index (χ0v) is 17.3. The van der Waals surface area contributed by atoms with E-state index in [2.05, 4.69) is 24.3 Å². The number of amidine groups is 1. The molecule has 6 heteroatoms. The third kappa shape index (κ3) is 4.33. The van der Waals surface area contributed by atoms with E-state index in [1.165, 1.54) is 0 Å². The lowest BCUT2D eigenvalue weighted by atomic mass is 10.0. The Morgan fingerprint density at radius 2 is 1.63 bits per heavy atom. The number of hydrogen-bond donors (Lipinski definition) is 1. The fourth-order valence-electron chi connectivity index (χ4n) is 3.07. The normalized spacial score (nSPS) is 12.9. The van der Waals surface area contributed by atoms with Crippen LogP contribution in [-0.4, -0.2) is 30.2 Å². The Bertz CT molecular complexity index is 1070. The lowest BCUT2D eigenvalue weighted by molar-refractivity contribution is 0.271. The number of rotatable bonds is 6. The predicted molar refractivity (Wildman–Crippen MR) is 119 cm³/mol. The Hall–Kier alpha value is -3.67. The van der Waals surface area contributed by atoms with Crippen molar-refractivity contribution in [1.29, 1.82) is 0 Å². The molecule has 152 valence electrons. The lowest BCUT2D eigenvalue weighted by Crippen LogP contribution is -2.19. The average molecular weight is 400 g/mol. The van der Waals surface area contributed by atoms with Crippen LogP contribution in [0.1, 0.15) is 30.5 Å². The van der Waals surface area contributed by atoms with Crippen molar-refractivity contribution in [3.8, 4) is 11.5 Å². The third-order valence-corrected chi connectivity index (χ3v) is 4.63. The Morgan fingerprint density at radius 3 is 2.33 bits per heavy atom. The van der Waals surface area contributed by atoms with Crippen LogP contribution in [0.5, 0.6) is 11.5 Å². The van der Waals surface area contributed by atoms with Gasteiger partial charge in [-0.05, 0) is 60.5 Å². The maximum atomic E-state index is 5.81. The number of hydrogen-bond acceptors (Lipinski definition) is 6. The van der Waals surface area contributed by atoms with Crippen LogP contribution in [0.2, 0.25) is 0 Å². The molecule has 30 heavy (non-hydrogen) atoms. The van der Waals surface area contributed by atoms with Gasteiger partial charge in [-0.15, -0.1) is 0 Å². The third-order valence-electron chi connectivity index (χ3n) is 4.63. The molecule has 1 N–H and O–H groups in total. The van der Waals surface area contributed by atoms with Gasteiger partial charge in [-0.1, -0.05) is 13.8 Å². The molecular weight excluding hydrogens is 376 g/mol. The van der Waals surface area contributed by atoms with Gasteiger partial charge in [0.05, 0.1) is 19.4 Å². The topological polar surface area (TPSA) is 68.1 Å². The quantitative estimate of drug-likeness (QED) is 0.659. The van der Waals surface area contributed by atoms with Crippen molar-refractivity contribution in [2.75, 3.05) is 13.7 Å². The molecular formula is C24H24N4O2. The van der Waals surface area contributed by atoms with Crippen LogP contribution in [0, 0.1) is 5.92 Å². The lowest BCUT2D eigenvalue weighted by Gasteiger charge is -2.11. The van der Waals surface area contributed by atoms with Crippen LogP contribution in [0.25, 0.3) is 0 Å². The number of aromatic nitrogens is 1. The maximum absolute atomic E-state index is 5.81. The molecule has 6 nitrogen and oxygen atoms in total. The SMILES string of the molecule is COc1ccc2c(c1)C(c1ccc(OCC(C)C)cc1)=NNC(c1ccncc1)=N2. The minimum atomic E-state index is 0.475. The van der Waals surface area contributed by atoms with Crippen LogP contribution in [0.15, 0.2) is 77.1 Å². The van der Waals surface area contributed by atoms with Crippen molar-refractivity contribution in [2.24, 2.45) is 16.0 Å². The summed E-state index contributed by atoms with van der Waals surface area (Å²) in [4.78, 5) is 8.89. The fourth-order valence-corrected chi connectivity index (χ4v) is 3.07. The van der Waals surface area contributed by atoms with Gasteiger partial charge in [0.25, 0.3) is 0 Å². The smallest absolute Gasteiger partial charge is 0.154 e. The van der Waals surface area contributed by atoms with E-state index < -0.39 is 0 Å². The summed E-state index contributed by atoms with van der Waals surface area (Å²) in [5, 5.41) is 4.69. The predicted octanol–water partition coefficient (Wildman–Crippen LogP) is 4.56. The number of pyridine rings is 1. The summed E-state index contributed by atoms with van der Waals surface area (Å²) in [5.41, 5.74) is 7.48. The first kappa shape index (κ1) is 19.6. The molecule has 0 aliphatic carbocycles. The van der Waals surface area contributed by atoms with Gasteiger partial charge >= 0.3 is 0 Å². The Kier molecular flexibility index (Phi) is 5.75. The second-order valence-electron chi connectivity index (χ2n) is 7.38. The highest BCUT2D eigenvalue weighted by atomic mass is 16.5. The number of ether oxygens (including phenoxy) is 2. The Labute approximate surface area is 176 Å². The molecule has 0 radical (unpaired) electrons. The van der Waals surface area contributed by atoms with E-state index in [0.29, 0.717) is 18.4 Å². The second-order valence-corrected chi connectivity index (χ2v) is 7.38. The first-order valence-electron chi connectivity index (χ1n) is 9.88. The number of benzene rings is 2. The zero-order valence-electron chi connectivity index (χ0n) is 17.3. The minimum absolute atomic E-state index is 0.475. The number of nitrogens with one attached hydrogen (secondary N) is 1. The first-order valence-corrected chi connectivity index (χ1v) is 9.88. The van der Waals surface area contributed by atoms with Crippen LogP contribution < -0.4 is 14.9 Å². The van der Waals surface area contributed by atoms with Gasteiger partial charge in [0, 0.05) is 29.1 Å². The van der Waals surface area contributed by atoms with Crippen LogP contribution in [0.3, 0.4) is 0 Å².